The Morgan fingerprint density at radius 1 is 1.29 bits per heavy atom. The highest BCUT2D eigenvalue weighted by Gasteiger charge is 2.20. The monoisotopic (exact) mass is 400 g/mol. The Balaban J connectivity index is 1.84. The van der Waals surface area contributed by atoms with Gasteiger partial charge < -0.3 is 10.1 Å². The van der Waals surface area contributed by atoms with Crippen molar-refractivity contribution >= 4 is 39.1 Å². The second kappa shape index (κ2) is 8.30. The lowest BCUT2D eigenvalue weighted by Gasteiger charge is -2.07. The van der Waals surface area contributed by atoms with Gasteiger partial charge in [0.1, 0.15) is 17.1 Å². The van der Waals surface area contributed by atoms with Crippen molar-refractivity contribution < 1.29 is 14.3 Å². The Bertz CT molecular complexity index is 1090. The van der Waals surface area contributed by atoms with Crippen LogP contribution in [0.5, 0.6) is 0 Å². The third-order valence-corrected chi connectivity index (χ3v) is 5.34. The fraction of sp³-hybridized carbons (Fsp3) is 0.316. The Labute approximate surface area is 165 Å². The molecule has 1 amide bonds. The van der Waals surface area contributed by atoms with Gasteiger partial charge in [0.15, 0.2) is 0 Å². The fourth-order valence-electron chi connectivity index (χ4n) is 2.58. The average Bonchev–Trinajstić information content (AvgIpc) is 3.08. The lowest BCUT2D eigenvalue weighted by Crippen LogP contribution is -2.30. The molecule has 0 saturated heterocycles. The highest BCUT2D eigenvalue weighted by molar-refractivity contribution is 7.16. The van der Waals surface area contributed by atoms with Gasteiger partial charge in [0.25, 0.3) is 5.56 Å². The predicted octanol–water partition coefficient (Wildman–Crippen LogP) is 2.79. The first kappa shape index (κ1) is 19.7. The molecule has 0 fully saturated rings. The number of esters is 1. The number of hydrogen-bond donors (Lipinski definition) is 1. The molecular weight excluding hydrogens is 380 g/mol. The van der Waals surface area contributed by atoms with Crippen molar-refractivity contribution in [3.05, 3.63) is 51.1 Å². The number of rotatable bonds is 6. The second-order valence-electron chi connectivity index (χ2n) is 6.38. The van der Waals surface area contributed by atoms with E-state index in [1.54, 1.807) is 37.3 Å². The van der Waals surface area contributed by atoms with Crippen LogP contribution in [-0.2, 0) is 16.1 Å². The lowest BCUT2D eigenvalue weighted by molar-refractivity contribution is -0.117. The van der Waals surface area contributed by atoms with Crippen LogP contribution in [-0.4, -0.2) is 33.5 Å². The molecule has 0 aliphatic rings. The van der Waals surface area contributed by atoms with E-state index in [0.29, 0.717) is 21.5 Å². The number of hydrogen-bond acceptors (Lipinski definition) is 7. The molecule has 3 rings (SSSR count). The number of carbonyl (C=O) groups excluding carboxylic acids is 2. The van der Waals surface area contributed by atoms with Crippen LogP contribution in [0.15, 0.2) is 35.1 Å². The number of nitrogens with zero attached hydrogens (tertiary/aromatic N) is 3. The Hall–Kier alpha value is -3.07. The topological polar surface area (TPSA) is 103 Å². The minimum Gasteiger partial charge on any atom is -0.462 e. The molecule has 0 bridgehead atoms. The number of anilines is 1. The zero-order chi connectivity index (χ0) is 20.3. The second-order valence-corrected chi connectivity index (χ2v) is 7.47. The predicted molar refractivity (Wildman–Crippen MR) is 107 cm³/mol. The van der Waals surface area contributed by atoms with Crippen molar-refractivity contribution in [3.63, 3.8) is 0 Å². The molecule has 0 aliphatic carbocycles. The van der Waals surface area contributed by atoms with Crippen molar-refractivity contribution in [2.75, 3.05) is 11.9 Å². The molecule has 3 aromatic rings. The van der Waals surface area contributed by atoms with Gasteiger partial charge in [0, 0.05) is 4.88 Å². The van der Waals surface area contributed by atoms with Crippen molar-refractivity contribution in [2.24, 2.45) is 0 Å². The molecule has 0 atom stereocenters. The summed E-state index contributed by atoms with van der Waals surface area (Å²) in [6.07, 6.45) is 0. The van der Waals surface area contributed by atoms with Crippen molar-refractivity contribution in [2.45, 2.75) is 33.2 Å². The molecule has 1 N–H and O–H groups in total. The summed E-state index contributed by atoms with van der Waals surface area (Å²) in [6, 6.07) is 8.52. The standard InChI is InChI=1S/C19H20N4O4S/c1-4-27-19(26)13-9-15(11(2)3)28-17(13)20-16(24)10-23-18(25)12-7-5-6-8-14(12)21-22-23/h5-9,11H,4,10H2,1-3H3,(H,20,24). The highest BCUT2D eigenvalue weighted by Crippen LogP contribution is 2.33. The molecule has 0 unspecified atom stereocenters. The molecule has 8 nitrogen and oxygen atoms in total. The fourth-order valence-corrected chi connectivity index (χ4v) is 3.64. The van der Waals surface area contributed by atoms with Crippen LogP contribution < -0.4 is 10.9 Å². The van der Waals surface area contributed by atoms with Gasteiger partial charge in [-0.05, 0) is 31.0 Å². The number of amides is 1. The molecular formula is C19H20N4O4S. The van der Waals surface area contributed by atoms with Crippen LogP contribution in [0.2, 0.25) is 0 Å². The summed E-state index contributed by atoms with van der Waals surface area (Å²) in [5.74, 6) is -0.782. The molecule has 2 heterocycles. The third kappa shape index (κ3) is 4.09. The zero-order valence-corrected chi connectivity index (χ0v) is 16.6. The van der Waals surface area contributed by atoms with E-state index >= 15 is 0 Å². The first-order valence-electron chi connectivity index (χ1n) is 8.84. The Morgan fingerprint density at radius 2 is 2.04 bits per heavy atom. The summed E-state index contributed by atoms with van der Waals surface area (Å²) in [4.78, 5) is 38.1. The molecule has 0 aliphatic heterocycles. The van der Waals surface area contributed by atoms with Gasteiger partial charge in [-0.25, -0.2) is 9.48 Å². The molecule has 28 heavy (non-hydrogen) atoms. The molecule has 1 aromatic carbocycles. The molecule has 146 valence electrons. The summed E-state index contributed by atoms with van der Waals surface area (Å²) in [5.41, 5.74) is 0.370. The van der Waals surface area contributed by atoms with E-state index in [-0.39, 0.29) is 19.1 Å². The van der Waals surface area contributed by atoms with Gasteiger partial charge in [0.05, 0.1) is 17.6 Å². The summed E-state index contributed by atoms with van der Waals surface area (Å²) < 4.78 is 6.07. The number of ether oxygens (including phenoxy) is 1. The number of aromatic nitrogens is 3. The minimum absolute atomic E-state index is 0.192. The SMILES string of the molecule is CCOC(=O)c1cc(C(C)C)sc1NC(=O)Cn1nnc2ccccc2c1=O. The van der Waals surface area contributed by atoms with Crippen LogP contribution in [0.4, 0.5) is 5.00 Å². The number of nitrogens with one attached hydrogen (secondary N) is 1. The molecule has 2 aromatic heterocycles. The van der Waals surface area contributed by atoms with E-state index in [1.807, 2.05) is 13.8 Å². The molecule has 9 heteroatoms. The van der Waals surface area contributed by atoms with E-state index in [2.05, 4.69) is 15.6 Å². The third-order valence-electron chi connectivity index (χ3n) is 3.99. The maximum Gasteiger partial charge on any atom is 0.341 e. The van der Waals surface area contributed by atoms with Gasteiger partial charge in [-0.3, -0.25) is 9.59 Å². The van der Waals surface area contributed by atoms with Gasteiger partial charge in [-0.2, -0.15) is 0 Å². The van der Waals surface area contributed by atoms with Crippen molar-refractivity contribution in [1.29, 1.82) is 0 Å². The maximum atomic E-state index is 12.5. The van der Waals surface area contributed by atoms with Crippen molar-refractivity contribution in [3.8, 4) is 0 Å². The highest BCUT2D eigenvalue weighted by atomic mass is 32.1. The quantitative estimate of drug-likeness (QED) is 0.638. The zero-order valence-electron chi connectivity index (χ0n) is 15.8. The first-order chi connectivity index (χ1) is 13.4. The molecule has 0 radical (unpaired) electrons. The van der Waals surface area contributed by atoms with Crippen LogP contribution in [0.3, 0.4) is 0 Å². The normalized spacial score (nSPS) is 11.0. The Kier molecular flexibility index (Phi) is 5.84. The van der Waals surface area contributed by atoms with E-state index in [0.717, 1.165) is 9.56 Å². The summed E-state index contributed by atoms with van der Waals surface area (Å²) in [5, 5.41) is 11.3. The number of benzene rings is 1. The van der Waals surface area contributed by atoms with E-state index in [4.69, 9.17) is 4.74 Å². The molecule has 0 saturated carbocycles. The van der Waals surface area contributed by atoms with E-state index in [1.165, 1.54) is 11.3 Å². The average molecular weight is 400 g/mol. The van der Waals surface area contributed by atoms with Crippen LogP contribution in [0.25, 0.3) is 10.9 Å². The molecule has 0 spiro atoms. The van der Waals surface area contributed by atoms with Crippen LogP contribution >= 0.6 is 11.3 Å². The summed E-state index contributed by atoms with van der Waals surface area (Å²) >= 11 is 1.31. The van der Waals surface area contributed by atoms with Gasteiger partial charge in [-0.1, -0.05) is 31.2 Å². The van der Waals surface area contributed by atoms with Crippen LogP contribution in [0.1, 0.15) is 41.9 Å². The van der Waals surface area contributed by atoms with Crippen LogP contribution in [0, 0.1) is 0 Å². The van der Waals surface area contributed by atoms with Gasteiger partial charge in [-0.15, -0.1) is 16.4 Å². The number of fused-ring (bicyclic) bond motifs is 1. The van der Waals surface area contributed by atoms with E-state index < -0.39 is 17.4 Å². The minimum atomic E-state index is -0.497. The maximum absolute atomic E-state index is 12.5. The number of carbonyl (C=O) groups is 2. The Morgan fingerprint density at radius 3 is 2.75 bits per heavy atom. The van der Waals surface area contributed by atoms with E-state index in [9.17, 15) is 14.4 Å². The van der Waals surface area contributed by atoms with Gasteiger partial charge >= 0.3 is 5.97 Å². The first-order valence-corrected chi connectivity index (χ1v) is 9.65. The smallest absolute Gasteiger partial charge is 0.341 e. The summed E-state index contributed by atoms with van der Waals surface area (Å²) in [7, 11) is 0. The lowest BCUT2D eigenvalue weighted by atomic mass is 10.1. The number of thiophene rings is 1. The summed E-state index contributed by atoms with van der Waals surface area (Å²) in [6.45, 7) is 5.64. The van der Waals surface area contributed by atoms with Gasteiger partial charge in [0.2, 0.25) is 5.91 Å². The van der Waals surface area contributed by atoms with Crippen molar-refractivity contribution in [1.82, 2.24) is 15.0 Å². The largest absolute Gasteiger partial charge is 0.462 e.